The summed E-state index contributed by atoms with van der Waals surface area (Å²) >= 11 is -2.14. The molecule has 0 saturated heterocycles. The van der Waals surface area contributed by atoms with Crippen LogP contribution in [-0.4, -0.2) is 21.9 Å². The highest BCUT2D eigenvalue weighted by molar-refractivity contribution is 7.74. The zero-order chi connectivity index (χ0) is 10.2. The van der Waals surface area contributed by atoms with Crippen LogP contribution >= 0.6 is 0 Å². The molecule has 0 aliphatic rings. The highest BCUT2D eigenvalue weighted by Crippen LogP contribution is 2.04. The van der Waals surface area contributed by atoms with Gasteiger partial charge in [0.25, 0.3) is 0 Å². The number of hydrogen-bond acceptors (Lipinski definition) is 3. The molecule has 0 radical (unpaired) electrons. The lowest BCUT2D eigenvalue weighted by atomic mass is 10.3. The number of para-hydroxylation sites is 1. The van der Waals surface area contributed by atoms with Crippen molar-refractivity contribution in [2.45, 2.75) is 6.42 Å². The fourth-order valence-electron chi connectivity index (χ4n) is 0.991. The summed E-state index contributed by atoms with van der Waals surface area (Å²) in [6, 6.07) is 9.77. The van der Waals surface area contributed by atoms with Crippen LogP contribution in [0.5, 0.6) is 0 Å². The molecule has 0 spiro atoms. The molecule has 0 fully saturated rings. The smallest absolute Gasteiger partial charge is 0.301 e. The lowest BCUT2D eigenvalue weighted by Gasteiger charge is -2.04. The molecule has 5 heteroatoms. The molecule has 2 N–H and O–H groups in total. The Hall–Kier alpha value is -0.910. The second-order valence-electron chi connectivity index (χ2n) is 2.69. The van der Waals surface area contributed by atoms with Crippen molar-refractivity contribution in [2.24, 2.45) is 0 Å². The average Bonchev–Trinajstić information content (AvgIpc) is 2.18. The van der Waals surface area contributed by atoms with Crippen LogP contribution in [0.1, 0.15) is 6.42 Å². The van der Waals surface area contributed by atoms with E-state index in [4.69, 9.17) is 4.55 Å². The van der Waals surface area contributed by atoms with Crippen LogP contribution in [0.15, 0.2) is 30.3 Å². The predicted molar refractivity (Wildman–Crippen MR) is 56.3 cm³/mol. The molecule has 0 aliphatic heterocycles. The van der Waals surface area contributed by atoms with Gasteiger partial charge in [0.2, 0.25) is 0 Å². The Balaban J connectivity index is 2.08. The summed E-state index contributed by atoms with van der Waals surface area (Å²) in [6.07, 6.45) is 0.696. The molecule has 4 nitrogen and oxygen atoms in total. The van der Waals surface area contributed by atoms with Gasteiger partial charge in [-0.3, -0.25) is 8.74 Å². The van der Waals surface area contributed by atoms with Crippen molar-refractivity contribution in [3.8, 4) is 0 Å². The molecule has 1 rings (SSSR count). The van der Waals surface area contributed by atoms with Crippen molar-refractivity contribution in [3.05, 3.63) is 30.3 Å². The van der Waals surface area contributed by atoms with Gasteiger partial charge in [-0.05, 0) is 18.6 Å². The average molecular weight is 215 g/mol. The second-order valence-corrected chi connectivity index (χ2v) is 3.36. The SMILES string of the molecule is O=S(O)OCCCNc1ccccc1. The van der Waals surface area contributed by atoms with Gasteiger partial charge in [0.05, 0.1) is 6.61 Å². The molecule has 78 valence electrons. The van der Waals surface area contributed by atoms with Crippen molar-refractivity contribution < 1.29 is 12.9 Å². The number of anilines is 1. The van der Waals surface area contributed by atoms with Gasteiger partial charge >= 0.3 is 11.4 Å². The third-order valence-corrected chi connectivity index (χ3v) is 1.98. The quantitative estimate of drug-likeness (QED) is 0.559. The Morgan fingerprint density at radius 3 is 2.71 bits per heavy atom. The van der Waals surface area contributed by atoms with Crippen LogP contribution in [0.3, 0.4) is 0 Å². The minimum absolute atomic E-state index is 0.281. The molecule has 0 aromatic heterocycles. The molecule has 0 amide bonds. The van der Waals surface area contributed by atoms with E-state index >= 15 is 0 Å². The number of nitrogens with one attached hydrogen (secondary N) is 1. The van der Waals surface area contributed by atoms with E-state index in [-0.39, 0.29) is 6.61 Å². The Kier molecular flexibility index (Phi) is 5.21. The summed E-state index contributed by atoms with van der Waals surface area (Å²) in [4.78, 5) is 0. The molecule has 1 atom stereocenters. The number of benzene rings is 1. The minimum atomic E-state index is -2.14. The van der Waals surface area contributed by atoms with Crippen LogP contribution < -0.4 is 5.32 Å². The van der Waals surface area contributed by atoms with Gasteiger partial charge in [0.1, 0.15) is 0 Å². The van der Waals surface area contributed by atoms with Crippen molar-refractivity contribution in [1.29, 1.82) is 0 Å². The third-order valence-electron chi connectivity index (χ3n) is 1.61. The van der Waals surface area contributed by atoms with Gasteiger partial charge in [-0.25, -0.2) is 0 Å². The maximum Gasteiger partial charge on any atom is 0.301 e. The standard InChI is InChI=1S/C9H13NO3S/c11-14(12)13-8-4-7-10-9-5-2-1-3-6-9/h1-3,5-6,10H,4,7-8H2,(H,11,12). The van der Waals surface area contributed by atoms with Crippen molar-refractivity contribution in [3.63, 3.8) is 0 Å². The Morgan fingerprint density at radius 1 is 1.36 bits per heavy atom. The van der Waals surface area contributed by atoms with Crippen LogP contribution in [0.25, 0.3) is 0 Å². The van der Waals surface area contributed by atoms with E-state index in [2.05, 4.69) is 9.50 Å². The maximum atomic E-state index is 10.1. The van der Waals surface area contributed by atoms with E-state index in [9.17, 15) is 4.21 Å². The molecule has 1 aromatic rings. The van der Waals surface area contributed by atoms with E-state index in [1.165, 1.54) is 0 Å². The van der Waals surface area contributed by atoms with Gasteiger partial charge in [0.15, 0.2) is 0 Å². The highest BCUT2D eigenvalue weighted by Gasteiger charge is 1.93. The zero-order valence-electron chi connectivity index (χ0n) is 7.68. The van der Waals surface area contributed by atoms with Gasteiger partial charge in [-0.15, -0.1) is 0 Å². The summed E-state index contributed by atoms with van der Waals surface area (Å²) in [6.45, 7) is 1.00. The van der Waals surface area contributed by atoms with Crippen molar-refractivity contribution in [1.82, 2.24) is 0 Å². The maximum absolute atomic E-state index is 10.1. The minimum Gasteiger partial charge on any atom is -0.385 e. The summed E-state index contributed by atoms with van der Waals surface area (Å²) in [5, 5.41) is 3.16. The normalized spacial score (nSPS) is 12.4. The Labute approximate surface area is 85.8 Å². The molecule has 1 unspecified atom stereocenters. The van der Waals surface area contributed by atoms with Crippen LogP contribution in [0.4, 0.5) is 5.69 Å². The summed E-state index contributed by atoms with van der Waals surface area (Å²) in [5.41, 5.74) is 1.04. The first-order valence-corrected chi connectivity index (χ1v) is 5.35. The van der Waals surface area contributed by atoms with Crippen LogP contribution in [0.2, 0.25) is 0 Å². The third kappa shape index (κ3) is 4.96. The summed E-state index contributed by atoms with van der Waals surface area (Å²) in [7, 11) is 0. The monoisotopic (exact) mass is 215 g/mol. The first-order chi connectivity index (χ1) is 6.79. The van der Waals surface area contributed by atoms with Crippen LogP contribution in [-0.2, 0) is 15.5 Å². The van der Waals surface area contributed by atoms with E-state index in [1.807, 2.05) is 30.3 Å². The van der Waals surface area contributed by atoms with Gasteiger partial charge < -0.3 is 5.32 Å². The lowest BCUT2D eigenvalue weighted by molar-refractivity contribution is 0.305. The Bertz CT molecular complexity index is 279. The summed E-state index contributed by atoms with van der Waals surface area (Å²) in [5.74, 6) is 0. The van der Waals surface area contributed by atoms with E-state index in [0.717, 1.165) is 12.2 Å². The summed E-state index contributed by atoms with van der Waals surface area (Å²) < 4.78 is 22.9. The molecular weight excluding hydrogens is 202 g/mol. The largest absolute Gasteiger partial charge is 0.385 e. The van der Waals surface area contributed by atoms with Crippen LogP contribution in [0, 0.1) is 0 Å². The van der Waals surface area contributed by atoms with E-state index < -0.39 is 11.4 Å². The lowest BCUT2D eigenvalue weighted by Crippen LogP contribution is -2.06. The molecule has 0 bridgehead atoms. The molecule has 0 heterocycles. The fourth-order valence-corrected chi connectivity index (χ4v) is 1.25. The Morgan fingerprint density at radius 2 is 2.07 bits per heavy atom. The first-order valence-electron chi connectivity index (χ1n) is 4.32. The number of rotatable bonds is 6. The first kappa shape index (κ1) is 11.2. The van der Waals surface area contributed by atoms with Gasteiger partial charge in [-0.1, -0.05) is 18.2 Å². The van der Waals surface area contributed by atoms with E-state index in [0.29, 0.717) is 6.42 Å². The molecule has 14 heavy (non-hydrogen) atoms. The van der Waals surface area contributed by atoms with Crippen molar-refractivity contribution >= 4 is 17.0 Å². The van der Waals surface area contributed by atoms with Gasteiger partial charge in [0, 0.05) is 12.2 Å². The molecule has 1 aromatic carbocycles. The topological polar surface area (TPSA) is 58.6 Å². The highest BCUT2D eigenvalue weighted by atomic mass is 32.2. The molecule has 0 aliphatic carbocycles. The molecule has 0 saturated carbocycles. The second kappa shape index (κ2) is 6.53. The zero-order valence-corrected chi connectivity index (χ0v) is 8.50. The predicted octanol–water partition coefficient (Wildman–Crippen LogP) is 1.64. The number of hydrogen-bond donors (Lipinski definition) is 2. The fraction of sp³-hybridized carbons (Fsp3) is 0.333. The molecular formula is C9H13NO3S. The van der Waals surface area contributed by atoms with E-state index in [1.54, 1.807) is 0 Å². The van der Waals surface area contributed by atoms with Crippen molar-refractivity contribution in [2.75, 3.05) is 18.5 Å². The van der Waals surface area contributed by atoms with Gasteiger partial charge in [-0.2, -0.15) is 4.21 Å².